The predicted octanol–water partition coefficient (Wildman–Crippen LogP) is 4.58. The third kappa shape index (κ3) is 7.05. The summed E-state index contributed by atoms with van der Waals surface area (Å²) in [5, 5.41) is 13.6. The second kappa shape index (κ2) is 12.3. The Morgan fingerprint density at radius 1 is 1.11 bits per heavy atom. The number of nitrogens with zero attached hydrogens (tertiary/aromatic N) is 2. The number of nitro benzene ring substituents is 1. The van der Waals surface area contributed by atoms with Gasteiger partial charge >= 0.3 is 5.97 Å². The van der Waals surface area contributed by atoms with Crippen molar-refractivity contribution in [3.8, 4) is 0 Å². The molecule has 3 rings (SSSR count). The molecule has 0 saturated heterocycles. The summed E-state index contributed by atoms with van der Waals surface area (Å²) in [4.78, 5) is 50.6. The molecule has 0 atom stereocenters. The zero-order chi connectivity index (χ0) is 25.4. The minimum atomic E-state index is -0.688. The molecule has 186 valence electrons. The highest BCUT2D eigenvalue weighted by Gasteiger charge is 2.23. The monoisotopic (exact) mass is 499 g/mol. The summed E-state index contributed by atoms with van der Waals surface area (Å²) in [6.45, 7) is 0.976. The molecule has 9 nitrogen and oxygen atoms in total. The fraction of sp³-hybridized carbons (Fsp3) is 0.400. The third-order valence-electron chi connectivity index (χ3n) is 6.08. The number of esters is 1. The van der Waals surface area contributed by atoms with Gasteiger partial charge in [-0.05, 0) is 38.0 Å². The van der Waals surface area contributed by atoms with Crippen LogP contribution in [0.25, 0.3) is 0 Å². The van der Waals surface area contributed by atoms with Crippen molar-refractivity contribution in [2.45, 2.75) is 50.0 Å². The SMILES string of the molecule is Cc1c(NC(=O)COC(=O)c2ccccc2SCC(=O)N(C)C2CCCCC2)cccc1[N+](=O)[O-]. The van der Waals surface area contributed by atoms with Crippen molar-refractivity contribution in [2.24, 2.45) is 0 Å². The van der Waals surface area contributed by atoms with E-state index in [1.54, 1.807) is 24.3 Å². The molecule has 2 amide bonds. The van der Waals surface area contributed by atoms with Gasteiger partial charge in [-0.25, -0.2) is 4.79 Å². The number of thioether (sulfide) groups is 1. The molecular weight excluding hydrogens is 470 g/mol. The standard InChI is InChI=1S/C25H29N3O6S/c1-17-20(12-8-13-21(17)28(32)33)26-23(29)15-34-25(31)19-11-6-7-14-22(19)35-16-24(30)27(2)18-9-4-3-5-10-18/h6-8,11-14,18H,3-5,9-10,15-16H2,1-2H3,(H,26,29). The quantitative estimate of drug-likeness (QED) is 0.232. The Morgan fingerprint density at radius 3 is 2.54 bits per heavy atom. The Bertz CT molecular complexity index is 1100. The van der Waals surface area contributed by atoms with E-state index in [0.717, 1.165) is 25.7 Å². The lowest BCUT2D eigenvalue weighted by molar-refractivity contribution is -0.385. The molecule has 1 N–H and O–H groups in total. The molecule has 0 unspecified atom stereocenters. The molecule has 0 aliphatic heterocycles. The molecule has 2 aromatic carbocycles. The maximum Gasteiger partial charge on any atom is 0.339 e. The number of anilines is 1. The van der Waals surface area contributed by atoms with E-state index >= 15 is 0 Å². The molecule has 0 bridgehead atoms. The van der Waals surface area contributed by atoms with Crippen molar-refractivity contribution < 1.29 is 24.0 Å². The number of ether oxygens (including phenoxy) is 1. The van der Waals surface area contributed by atoms with Crippen LogP contribution in [-0.4, -0.2) is 53.1 Å². The maximum atomic E-state index is 12.7. The van der Waals surface area contributed by atoms with Gasteiger partial charge in [-0.2, -0.15) is 0 Å². The van der Waals surface area contributed by atoms with E-state index in [4.69, 9.17) is 4.74 Å². The highest BCUT2D eigenvalue weighted by atomic mass is 32.2. The number of nitro groups is 1. The van der Waals surface area contributed by atoms with Crippen LogP contribution < -0.4 is 5.32 Å². The van der Waals surface area contributed by atoms with Gasteiger partial charge < -0.3 is 15.0 Å². The topological polar surface area (TPSA) is 119 Å². The Labute approximate surface area is 208 Å². The third-order valence-corrected chi connectivity index (χ3v) is 7.14. The number of hydrogen-bond acceptors (Lipinski definition) is 7. The fourth-order valence-corrected chi connectivity index (χ4v) is 4.99. The first kappa shape index (κ1) is 26.2. The molecule has 35 heavy (non-hydrogen) atoms. The van der Waals surface area contributed by atoms with Crippen LogP contribution in [0, 0.1) is 17.0 Å². The summed E-state index contributed by atoms with van der Waals surface area (Å²) >= 11 is 1.26. The van der Waals surface area contributed by atoms with Gasteiger partial charge in [-0.1, -0.05) is 37.5 Å². The highest BCUT2D eigenvalue weighted by Crippen LogP contribution is 2.27. The van der Waals surface area contributed by atoms with Gasteiger partial charge in [0.25, 0.3) is 11.6 Å². The molecule has 0 radical (unpaired) electrons. The van der Waals surface area contributed by atoms with Crippen molar-refractivity contribution in [1.82, 2.24) is 4.90 Å². The lowest BCUT2D eigenvalue weighted by atomic mass is 9.94. The summed E-state index contributed by atoms with van der Waals surface area (Å²) in [6, 6.07) is 11.4. The normalized spacial score (nSPS) is 13.7. The van der Waals surface area contributed by atoms with Crippen LogP contribution in [0.3, 0.4) is 0 Å². The predicted molar refractivity (Wildman–Crippen MR) is 134 cm³/mol. The Morgan fingerprint density at radius 2 is 1.83 bits per heavy atom. The Balaban J connectivity index is 1.55. The highest BCUT2D eigenvalue weighted by molar-refractivity contribution is 8.00. The molecule has 1 fully saturated rings. The van der Waals surface area contributed by atoms with E-state index in [1.165, 1.54) is 43.3 Å². The summed E-state index contributed by atoms with van der Waals surface area (Å²) in [5.74, 6) is -1.09. The van der Waals surface area contributed by atoms with Gasteiger partial charge in [0, 0.05) is 24.1 Å². The van der Waals surface area contributed by atoms with Crippen molar-refractivity contribution in [3.63, 3.8) is 0 Å². The first-order valence-electron chi connectivity index (χ1n) is 11.5. The molecule has 1 saturated carbocycles. The van der Waals surface area contributed by atoms with Crippen LogP contribution in [0.2, 0.25) is 0 Å². The van der Waals surface area contributed by atoms with Crippen molar-refractivity contribution in [2.75, 3.05) is 24.7 Å². The zero-order valence-electron chi connectivity index (χ0n) is 19.8. The molecule has 2 aromatic rings. The number of amides is 2. The van der Waals surface area contributed by atoms with Crippen molar-refractivity contribution in [3.05, 3.63) is 63.7 Å². The van der Waals surface area contributed by atoms with Gasteiger partial charge in [0.05, 0.1) is 27.5 Å². The number of hydrogen-bond donors (Lipinski definition) is 1. The first-order valence-corrected chi connectivity index (χ1v) is 12.4. The van der Waals surface area contributed by atoms with E-state index in [-0.39, 0.29) is 34.6 Å². The van der Waals surface area contributed by atoms with Crippen LogP contribution in [0.4, 0.5) is 11.4 Å². The van der Waals surface area contributed by atoms with Crippen LogP contribution >= 0.6 is 11.8 Å². The molecule has 0 spiro atoms. The van der Waals surface area contributed by atoms with Gasteiger partial charge in [0.1, 0.15) is 0 Å². The maximum absolute atomic E-state index is 12.7. The van der Waals surface area contributed by atoms with Crippen LogP contribution in [0.5, 0.6) is 0 Å². The van der Waals surface area contributed by atoms with Crippen LogP contribution in [0.1, 0.15) is 48.0 Å². The fourth-order valence-electron chi connectivity index (χ4n) is 4.03. The van der Waals surface area contributed by atoms with E-state index in [0.29, 0.717) is 10.5 Å². The molecule has 10 heteroatoms. The lowest BCUT2D eigenvalue weighted by Crippen LogP contribution is -2.39. The Hall–Kier alpha value is -3.40. The second-order valence-corrected chi connectivity index (χ2v) is 9.43. The Kier molecular flexibility index (Phi) is 9.25. The smallest absolute Gasteiger partial charge is 0.339 e. The minimum absolute atomic E-state index is 0.0109. The minimum Gasteiger partial charge on any atom is -0.452 e. The van der Waals surface area contributed by atoms with E-state index in [2.05, 4.69) is 5.32 Å². The van der Waals surface area contributed by atoms with Crippen molar-refractivity contribution >= 4 is 40.9 Å². The van der Waals surface area contributed by atoms with Gasteiger partial charge in [-0.15, -0.1) is 11.8 Å². The molecular formula is C25H29N3O6S. The summed E-state index contributed by atoms with van der Waals surface area (Å²) < 4.78 is 5.18. The number of benzene rings is 2. The summed E-state index contributed by atoms with van der Waals surface area (Å²) in [6.07, 6.45) is 5.53. The van der Waals surface area contributed by atoms with Gasteiger partial charge in [0.15, 0.2) is 6.61 Å². The average Bonchev–Trinajstić information content (AvgIpc) is 2.87. The molecule has 0 heterocycles. The van der Waals surface area contributed by atoms with Gasteiger partial charge in [0.2, 0.25) is 5.91 Å². The zero-order valence-corrected chi connectivity index (χ0v) is 20.6. The van der Waals surface area contributed by atoms with Gasteiger partial charge in [-0.3, -0.25) is 19.7 Å². The lowest BCUT2D eigenvalue weighted by Gasteiger charge is -2.31. The summed E-state index contributed by atoms with van der Waals surface area (Å²) in [5.41, 5.74) is 0.734. The first-order chi connectivity index (χ1) is 16.8. The van der Waals surface area contributed by atoms with E-state index < -0.39 is 23.4 Å². The number of rotatable bonds is 9. The molecule has 1 aliphatic carbocycles. The summed E-state index contributed by atoms with van der Waals surface area (Å²) in [7, 11) is 1.83. The van der Waals surface area contributed by atoms with E-state index in [9.17, 15) is 24.5 Å². The van der Waals surface area contributed by atoms with Crippen LogP contribution in [-0.2, 0) is 14.3 Å². The number of carbonyl (C=O) groups excluding carboxylic acids is 3. The number of carbonyl (C=O) groups is 3. The van der Waals surface area contributed by atoms with Crippen molar-refractivity contribution in [1.29, 1.82) is 0 Å². The molecule has 0 aromatic heterocycles. The average molecular weight is 500 g/mol. The van der Waals surface area contributed by atoms with Crippen LogP contribution in [0.15, 0.2) is 47.4 Å². The largest absolute Gasteiger partial charge is 0.452 e. The molecule has 1 aliphatic rings. The number of nitrogens with one attached hydrogen (secondary N) is 1. The van der Waals surface area contributed by atoms with E-state index in [1.807, 2.05) is 11.9 Å². The second-order valence-electron chi connectivity index (χ2n) is 8.41.